The third-order valence-electron chi connectivity index (χ3n) is 10.8. The van der Waals surface area contributed by atoms with Gasteiger partial charge in [-0.1, -0.05) is 102 Å². The quantitative estimate of drug-likeness (QED) is 0.157. The fourth-order valence-electron chi connectivity index (χ4n) is 5.53. The highest BCUT2D eigenvalue weighted by molar-refractivity contribution is 7.87. The molecule has 0 N–H and O–H groups in total. The molecule has 4 atom stereocenters. The van der Waals surface area contributed by atoms with Crippen molar-refractivity contribution < 1.29 is 26.2 Å². The van der Waals surface area contributed by atoms with Crippen molar-refractivity contribution >= 4 is 26.8 Å². The Kier molecular flexibility index (Phi) is 12.4. The third-order valence-corrected chi connectivity index (χ3v) is 21.1. The van der Waals surface area contributed by atoms with Crippen LogP contribution in [0.4, 0.5) is 0 Å². The minimum atomic E-state index is -4.34. The van der Waals surface area contributed by atoms with E-state index in [4.69, 9.17) is 17.8 Å². The van der Waals surface area contributed by atoms with E-state index in [2.05, 4.69) is 86.6 Å². The molecule has 49 heavy (non-hydrogen) atoms. The Hall–Kier alpha value is -1.84. The summed E-state index contributed by atoms with van der Waals surface area (Å²) in [5, 5.41) is -0.149. The summed E-state index contributed by atoms with van der Waals surface area (Å²) in [6.45, 7) is 36.0. The van der Waals surface area contributed by atoms with Crippen LogP contribution in [0.3, 0.4) is 0 Å². The molecule has 278 valence electrons. The summed E-state index contributed by atoms with van der Waals surface area (Å²) >= 11 is 0. The number of ether oxygens (including phenoxy) is 1. The Morgan fingerprint density at radius 1 is 0.837 bits per heavy atom. The van der Waals surface area contributed by atoms with Crippen molar-refractivity contribution in [2.45, 2.75) is 180 Å². The average molecular weight is 737 g/mol. The first-order valence-corrected chi connectivity index (χ1v) is 25.1. The Bertz CT molecular complexity index is 1610. The Morgan fingerprint density at radius 2 is 1.31 bits per heavy atom. The minimum Gasteiger partial charge on any atom is -0.408 e. The van der Waals surface area contributed by atoms with Gasteiger partial charge in [0.15, 0.2) is 22.9 Å². The second-order valence-corrected chi connectivity index (χ2v) is 28.6. The highest BCUT2D eigenvalue weighted by atomic mass is 32.2. The topological polar surface area (TPSA) is 106 Å². The summed E-state index contributed by atoms with van der Waals surface area (Å²) < 4.78 is 55.7. The predicted molar refractivity (Wildman–Crippen MR) is 203 cm³/mol. The fraction of sp³-hybridized carbons (Fsp3) is 0.730. The van der Waals surface area contributed by atoms with Gasteiger partial charge in [0.05, 0.1) is 6.10 Å². The van der Waals surface area contributed by atoms with Crippen molar-refractivity contribution in [1.29, 1.82) is 0 Å². The van der Waals surface area contributed by atoms with E-state index in [9.17, 15) is 13.2 Å². The molecule has 0 spiro atoms. The van der Waals surface area contributed by atoms with E-state index in [1.165, 1.54) is 16.8 Å². The molecular formula is C37H64N2O7SSi2. The van der Waals surface area contributed by atoms with Crippen molar-refractivity contribution in [2.75, 3.05) is 0 Å². The molecule has 3 rings (SSSR count). The Balaban J connectivity index is 2.11. The number of hydrogen-bond acceptors (Lipinski definition) is 8. The molecule has 0 amide bonds. The monoisotopic (exact) mass is 736 g/mol. The zero-order valence-electron chi connectivity index (χ0n) is 33.2. The maximum absolute atomic E-state index is 14.0. The highest BCUT2D eigenvalue weighted by Gasteiger charge is 2.54. The van der Waals surface area contributed by atoms with Crippen LogP contribution < -0.4 is 9.87 Å². The van der Waals surface area contributed by atoms with Gasteiger partial charge in [-0.15, -0.1) is 0 Å². The lowest BCUT2D eigenvalue weighted by Gasteiger charge is -2.44. The van der Waals surface area contributed by atoms with Crippen LogP contribution >= 0.6 is 0 Å². The molecule has 1 aromatic heterocycles. The van der Waals surface area contributed by atoms with Gasteiger partial charge >= 0.3 is 15.8 Å². The van der Waals surface area contributed by atoms with Gasteiger partial charge in [0.2, 0.25) is 5.88 Å². The molecule has 2 aromatic rings. The number of benzene rings is 1. The first-order chi connectivity index (χ1) is 22.1. The van der Waals surface area contributed by atoms with Gasteiger partial charge in [-0.05, 0) is 77.1 Å². The molecular weight excluding hydrogens is 673 g/mol. The van der Waals surface area contributed by atoms with Crippen LogP contribution in [0.25, 0.3) is 0 Å². The SMILES string of the molecule is CC[C@H]1O[C@@H](n2ccc(OS(=O)(=O)c3c(C(C)C)cc(C(C)C)cc3C(C)C)nc2=O)C(O[Si](C)(C)C(C)(C)C)[C@H]1O[Si](C)(C)C(C)(C)C. The lowest BCUT2D eigenvalue weighted by molar-refractivity contribution is -0.0373. The van der Waals surface area contributed by atoms with Gasteiger partial charge in [0, 0.05) is 12.3 Å². The molecule has 1 unspecified atom stereocenters. The molecule has 1 saturated heterocycles. The van der Waals surface area contributed by atoms with Crippen LogP contribution in [0, 0.1) is 0 Å². The molecule has 2 heterocycles. The molecule has 12 heteroatoms. The van der Waals surface area contributed by atoms with Gasteiger partial charge in [-0.2, -0.15) is 13.4 Å². The lowest BCUT2D eigenvalue weighted by Crippen LogP contribution is -2.53. The van der Waals surface area contributed by atoms with Gasteiger partial charge in [0.25, 0.3) is 0 Å². The zero-order valence-corrected chi connectivity index (χ0v) is 36.0. The maximum Gasteiger partial charge on any atom is 0.353 e. The number of aromatic nitrogens is 2. The maximum atomic E-state index is 14.0. The van der Waals surface area contributed by atoms with Crippen LogP contribution in [-0.4, -0.2) is 52.9 Å². The predicted octanol–water partition coefficient (Wildman–Crippen LogP) is 9.47. The summed E-state index contributed by atoms with van der Waals surface area (Å²) in [5.74, 6) is -0.213. The number of hydrogen-bond donors (Lipinski definition) is 0. The molecule has 1 aromatic carbocycles. The second kappa shape index (κ2) is 14.7. The van der Waals surface area contributed by atoms with Crippen molar-refractivity contribution in [3.8, 4) is 5.88 Å². The van der Waals surface area contributed by atoms with Crippen LogP contribution in [0.15, 0.2) is 34.1 Å². The van der Waals surface area contributed by atoms with Crippen LogP contribution in [0.5, 0.6) is 5.88 Å². The van der Waals surface area contributed by atoms with E-state index >= 15 is 0 Å². The second-order valence-electron chi connectivity index (χ2n) is 17.6. The summed E-state index contributed by atoms with van der Waals surface area (Å²) in [4.78, 5) is 18.1. The Morgan fingerprint density at radius 3 is 1.69 bits per heavy atom. The van der Waals surface area contributed by atoms with Crippen LogP contribution in [-0.2, 0) is 23.7 Å². The van der Waals surface area contributed by atoms with Gasteiger partial charge in [-0.3, -0.25) is 4.57 Å². The minimum absolute atomic E-state index is 0.0479. The molecule has 0 saturated carbocycles. The first kappa shape index (κ1) is 41.6. The van der Waals surface area contributed by atoms with Crippen LogP contribution in [0.2, 0.25) is 36.3 Å². The lowest BCUT2D eigenvalue weighted by atomic mass is 9.89. The van der Waals surface area contributed by atoms with Gasteiger partial charge < -0.3 is 17.8 Å². The summed E-state index contributed by atoms with van der Waals surface area (Å²) in [7, 11) is -8.99. The zero-order chi connectivity index (χ0) is 37.7. The standard InChI is InChI=1S/C37H64N2O7SSi2/c1-18-29-31(45-48(14,15)36(8,9)10)32(46-49(16,17)37(11,12)13)34(43-29)39-20-19-30(38-35(39)40)44-47(41,42)33-27(24(4)5)21-26(23(2)3)22-28(33)25(6)7/h19-25,29,31-32,34H,18H2,1-17H3/t29-,31+,32?,34-/m1/s1. The first-order valence-electron chi connectivity index (χ1n) is 17.9. The summed E-state index contributed by atoms with van der Waals surface area (Å²) in [6, 6.07) is 5.33. The van der Waals surface area contributed by atoms with E-state index in [0.29, 0.717) is 17.5 Å². The van der Waals surface area contributed by atoms with Crippen molar-refractivity contribution in [3.63, 3.8) is 0 Å². The normalized spacial score (nSPS) is 21.3. The smallest absolute Gasteiger partial charge is 0.353 e. The average Bonchev–Trinajstić information content (AvgIpc) is 3.25. The molecule has 1 aliphatic heterocycles. The fourth-order valence-corrected chi connectivity index (χ4v) is 9.70. The van der Waals surface area contributed by atoms with Crippen molar-refractivity contribution in [2.24, 2.45) is 0 Å². The summed E-state index contributed by atoms with van der Waals surface area (Å²) in [6.07, 6.45) is 0.0735. The highest BCUT2D eigenvalue weighted by Crippen LogP contribution is 2.46. The molecule has 9 nitrogen and oxygen atoms in total. The van der Waals surface area contributed by atoms with E-state index < -0.39 is 50.9 Å². The summed E-state index contributed by atoms with van der Waals surface area (Å²) in [5.41, 5.74) is 1.75. The Labute approximate surface area is 298 Å². The van der Waals surface area contributed by atoms with E-state index in [-0.39, 0.29) is 44.7 Å². The third kappa shape index (κ3) is 8.97. The van der Waals surface area contributed by atoms with E-state index in [0.717, 1.165) is 5.56 Å². The number of nitrogens with zero attached hydrogens (tertiary/aromatic N) is 2. The molecule has 0 bridgehead atoms. The van der Waals surface area contributed by atoms with Gasteiger partial charge in [-0.25, -0.2) is 4.79 Å². The molecule has 0 aliphatic carbocycles. The largest absolute Gasteiger partial charge is 0.408 e. The van der Waals surface area contributed by atoms with Crippen molar-refractivity contribution in [1.82, 2.24) is 9.55 Å². The van der Waals surface area contributed by atoms with Gasteiger partial charge in [0.1, 0.15) is 17.1 Å². The van der Waals surface area contributed by atoms with E-state index in [1.807, 2.05) is 46.8 Å². The molecule has 0 radical (unpaired) electrons. The van der Waals surface area contributed by atoms with Crippen LogP contribution in [0.1, 0.15) is 137 Å². The molecule has 1 fully saturated rings. The number of rotatable bonds is 12. The van der Waals surface area contributed by atoms with Crippen molar-refractivity contribution in [3.05, 3.63) is 51.6 Å². The molecule has 1 aliphatic rings. The van der Waals surface area contributed by atoms with E-state index in [1.54, 1.807) is 0 Å².